The van der Waals surface area contributed by atoms with E-state index in [1.807, 2.05) is 0 Å². The molecule has 0 radical (unpaired) electrons. The van der Waals surface area contributed by atoms with Crippen LogP contribution in [0.3, 0.4) is 0 Å². The standard InChI is InChI=1S/C20H23NO4S2/c22-19(8-15-27(23,24)16-4-2-1-3-5-16)21-11-9-20(10-12-21)17-7-14-26-18(17)6-13-25-20/h1-5,7,14H,6,8-13,15H2. The first-order chi connectivity index (χ1) is 13.0. The van der Waals surface area contributed by atoms with E-state index in [4.69, 9.17) is 4.74 Å². The van der Waals surface area contributed by atoms with E-state index < -0.39 is 9.84 Å². The summed E-state index contributed by atoms with van der Waals surface area (Å²) >= 11 is 1.78. The van der Waals surface area contributed by atoms with E-state index in [-0.39, 0.29) is 28.6 Å². The number of piperidine rings is 1. The van der Waals surface area contributed by atoms with E-state index in [1.165, 1.54) is 10.4 Å². The number of carbonyl (C=O) groups is 1. The van der Waals surface area contributed by atoms with Crippen molar-refractivity contribution in [3.05, 3.63) is 52.2 Å². The second-order valence-electron chi connectivity index (χ2n) is 7.11. The van der Waals surface area contributed by atoms with Crippen LogP contribution < -0.4 is 0 Å². The highest BCUT2D eigenvalue weighted by molar-refractivity contribution is 7.91. The van der Waals surface area contributed by atoms with Crippen molar-refractivity contribution < 1.29 is 17.9 Å². The number of fused-ring (bicyclic) bond motifs is 2. The summed E-state index contributed by atoms with van der Waals surface area (Å²) in [7, 11) is -3.42. The van der Waals surface area contributed by atoms with Gasteiger partial charge in [0, 0.05) is 30.8 Å². The lowest BCUT2D eigenvalue weighted by Gasteiger charge is -2.44. The Morgan fingerprint density at radius 2 is 1.89 bits per heavy atom. The van der Waals surface area contributed by atoms with Crippen LogP contribution in [-0.2, 0) is 31.4 Å². The number of ether oxygens (including phenoxy) is 1. The molecule has 1 amide bonds. The van der Waals surface area contributed by atoms with Crippen LogP contribution >= 0.6 is 11.3 Å². The van der Waals surface area contributed by atoms with Gasteiger partial charge in [0.1, 0.15) is 0 Å². The van der Waals surface area contributed by atoms with Gasteiger partial charge in [0.05, 0.1) is 22.9 Å². The van der Waals surface area contributed by atoms with Crippen molar-refractivity contribution in [1.29, 1.82) is 0 Å². The highest BCUT2D eigenvalue weighted by Crippen LogP contribution is 2.43. The van der Waals surface area contributed by atoms with E-state index in [1.54, 1.807) is 46.6 Å². The van der Waals surface area contributed by atoms with Gasteiger partial charge < -0.3 is 9.64 Å². The maximum atomic E-state index is 12.6. The smallest absolute Gasteiger partial charge is 0.223 e. The molecular weight excluding hydrogens is 382 g/mol. The number of carbonyl (C=O) groups excluding carboxylic acids is 1. The summed E-state index contributed by atoms with van der Waals surface area (Å²) in [5.74, 6) is -0.242. The summed E-state index contributed by atoms with van der Waals surface area (Å²) in [6.45, 7) is 1.95. The van der Waals surface area contributed by atoms with Gasteiger partial charge in [0.25, 0.3) is 0 Å². The van der Waals surface area contributed by atoms with Gasteiger partial charge in [-0.1, -0.05) is 18.2 Å². The summed E-state index contributed by atoms with van der Waals surface area (Å²) < 4.78 is 30.9. The zero-order valence-electron chi connectivity index (χ0n) is 15.1. The number of thiophene rings is 1. The molecule has 4 rings (SSSR count). The molecule has 1 saturated heterocycles. The Bertz CT molecular complexity index is 912. The summed E-state index contributed by atoms with van der Waals surface area (Å²) in [6.07, 6.45) is 2.53. The third-order valence-electron chi connectivity index (χ3n) is 5.55. The maximum absolute atomic E-state index is 12.6. The van der Waals surface area contributed by atoms with E-state index in [2.05, 4.69) is 11.4 Å². The summed E-state index contributed by atoms with van der Waals surface area (Å²) in [5, 5.41) is 2.12. The number of hydrogen-bond acceptors (Lipinski definition) is 5. The van der Waals surface area contributed by atoms with Gasteiger partial charge >= 0.3 is 0 Å². The Kier molecular flexibility index (Phi) is 5.09. The second-order valence-corrected chi connectivity index (χ2v) is 10.2. The molecule has 2 aromatic rings. The minimum absolute atomic E-state index is 0.0226. The fourth-order valence-corrected chi connectivity index (χ4v) is 6.21. The molecule has 0 unspecified atom stereocenters. The summed E-state index contributed by atoms with van der Waals surface area (Å²) in [6, 6.07) is 10.5. The number of sulfone groups is 1. The second kappa shape index (κ2) is 7.37. The number of hydrogen-bond donors (Lipinski definition) is 0. The van der Waals surface area contributed by atoms with Crippen LogP contribution in [0.1, 0.15) is 29.7 Å². The van der Waals surface area contributed by atoms with Gasteiger partial charge in [-0.15, -0.1) is 11.3 Å². The van der Waals surface area contributed by atoms with Crippen molar-refractivity contribution in [3.8, 4) is 0 Å². The molecule has 7 heteroatoms. The largest absolute Gasteiger partial charge is 0.370 e. The molecule has 3 heterocycles. The number of amides is 1. The van der Waals surface area contributed by atoms with Crippen molar-refractivity contribution in [3.63, 3.8) is 0 Å². The third kappa shape index (κ3) is 3.68. The van der Waals surface area contributed by atoms with Crippen LogP contribution in [0.25, 0.3) is 0 Å². The van der Waals surface area contributed by atoms with E-state index in [0.717, 1.165) is 25.9 Å². The zero-order valence-corrected chi connectivity index (χ0v) is 16.7. The Morgan fingerprint density at radius 1 is 1.15 bits per heavy atom. The van der Waals surface area contributed by atoms with Gasteiger partial charge in [-0.3, -0.25) is 4.79 Å². The van der Waals surface area contributed by atoms with Crippen molar-refractivity contribution in [2.45, 2.75) is 36.2 Å². The lowest BCUT2D eigenvalue weighted by Crippen LogP contribution is -2.48. The van der Waals surface area contributed by atoms with Crippen LogP contribution in [0.5, 0.6) is 0 Å². The van der Waals surface area contributed by atoms with Gasteiger partial charge in [0.15, 0.2) is 9.84 Å². The minimum atomic E-state index is -3.42. The molecule has 2 aliphatic heterocycles. The van der Waals surface area contributed by atoms with Gasteiger partial charge in [-0.05, 0) is 42.0 Å². The molecular formula is C20H23NO4S2. The first-order valence-electron chi connectivity index (χ1n) is 9.27. The molecule has 27 heavy (non-hydrogen) atoms. The Hall–Kier alpha value is -1.70. The average molecular weight is 406 g/mol. The van der Waals surface area contributed by atoms with Crippen molar-refractivity contribution in [2.75, 3.05) is 25.4 Å². The monoisotopic (exact) mass is 405 g/mol. The number of benzene rings is 1. The molecule has 1 spiro atoms. The average Bonchev–Trinajstić information content (AvgIpc) is 3.18. The number of nitrogens with zero attached hydrogens (tertiary/aromatic N) is 1. The zero-order chi connectivity index (χ0) is 18.9. The summed E-state index contributed by atoms with van der Waals surface area (Å²) in [4.78, 5) is 16.0. The fourth-order valence-electron chi connectivity index (χ4n) is 4.01. The molecule has 2 aliphatic rings. The SMILES string of the molecule is O=C(CCS(=O)(=O)c1ccccc1)N1CCC2(CC1)OCCc1sccc12. The normalized spacial score (nSPS) is 19.0. The van der Waals surface area contributed by atoms with E-state index in [0.29, 0.717) is 13.1 Å². The predicted molar refractivity (Wildman–Crippen MR) is 105 cm³/mol. The van der Waals surface area contributed by atoms with E-state index in [9.17, 15) is 13.2 Å². The third-order valence-corrected chi connectivity index (χ3v) is 8.27. The molecule has 1 aromatic carbocycles. The minimum Gasteiger partial charge on any atom is -0.370 e. The Balaban J connectivity index is 1.36. The quantitative estimate of drug-likeness (QED) is 0.784. The molecule has 1 aromatic heterocycles. The first-order valence-corrected chi connectivity index (χ1v) is 11.8. The summed E-state index contributed by atoms with van der Waals surface area (Å²) in [5.41, 5.74) is 1.03. The molecule has 0 atom stereocenters. The van der Waals surface area contributed by atoms with Crippen LogP contribution in [-0.4, -0.2) is 44.7 Å². The van der Waals surface area contributed by atoms with Gasteiger partial charge in [-0.2, -0.15) is 0 Å². The van der Waals surface area contributed by atoms with Crippen molar-refractivity contribution in [1.82, 2.24) is 4.90 Å². The molecule has 0 N–H and O–H groups in total. The van der Waals surface area contributed by atoms with Crippen LogP contribution in [0, 0.1) is 0 Å². The topological polar surface area (TPSA) is 63.7 Å². The maximum Gasteiger partial charge on any atom is 0.223 e. The molecule has 0 aliphatic carbocycles. The molecule has 5 nitrogen and oxygen atoms in total. The first kappa shape index (κ1) is 18.7. The molecule has 0 saturated carbocycles. The van der Waals surface area contributed by atoms with Gasteiger partial charge in [-0.25, -0.2) is 8.42 Å². The Labute approximate surface area is 163 Å². The number of rotatable bonds is 4. The molecule has 144 valence electrons. The van der Waals surface area contributed by atoms with E-state index >= 15 is 0 Å². The lowest BCUT2D eigenvalue weighted by atomic mass is 9.82. The van der Waals surface area contributed by atoms with Crippen LogP contribution in [0.2, 0.25) is 0 Å². The van der Waals surface area contributed by atoms with Crippen molar-refractivity contribution >= 4 is 27.1 Å². The highest BCUT2D eigenvalue weighted by atomic mass is 32.2. The predicted octanol–water partition coefficient (Wildman–Crippen LogP) is 3.00. The Morgan fingerprint density at radius 3 is 2.63 bits per heavy atom. The fraction of sp³-hybridized carbons (Fsp3) is 0.450. The van der Waals surface area contributed by atoms with Gasteiger partial charge in [0.2, 0.25) is 5.91 Å². The van der Waals surface area contributed by atoms with Crippen LogP contribution in [0.4, 0.5) is 0 Å². The molecule has 0 bridgehead atoms. The molecule has 1 fully saturated rings. The lowest BCUT2D eigenvalue weighted by molar-refractivity contribution is -0.140. The number of likely N-dealkylation sites (tertiary alicyclic amines) is 1. The highest BCUT2D eigenvalue weighted by Gasteiger charge is 2.42. The van der Waals surface area contributed by atoms with Crippen LogP contribution in [0.15, 0.2) is 46.7 Å². The van der Waals surface area contributed by atoms with Crippen molar-refractivity contribution in [2.24, 2.45) is 0 Å².